The van der Waals surface area contributed by atoms with E-state index in [4.69, 9.17) is 11.6 Å². The van der Waals surface area contributed by atoms with Crippen molar-refractivity contribution in [2.75, 3.05) is 11.0 Å². The number of fused-ring (bicyclic) bond motifs is 1. The molecule has 80 valence electrons. The maximum atomic E-state index is 11.1. The summed E-state index contributed by atoms with van der Waals surface area (Å²) in [6, 6.07) is 5.43. The number of anilines is 1. The summed E-state index contributed by atoms with van der Waals surface area (Å²) in [5.74, 6) is 0. The van der Waals surface area contributed by atoms with Crippen LogP contribution >= 0.6 is 22.9 Å². The van der Waals surface area contributed by atoms with Gasteiger partial charge in [-0.2, -0.15) is 0 Å². The third kappa shape index (κ3) is 2.42. The van der Waals surface area contributed by atoms with Crippen LogP contribution in [0.4, 0.5) is 5.69 Å². The molecule has 0 unspecified atom stereocenters. The van der Waals surface area contributed by atoms with Crippen LogP contribution in [0.25, 0.3) is 10.1 Å². The third-order valence-electron chi connectivity index (χ3n) is 1.84. The van der Waals surface area contributed by atoms with Gasteiger partial charge in [0.25, 0.3) is 0 Å². The molecule has 1 aromatic heterocycles. The molecule has 0 aliphatic carbocycles. The molecular formula is C9H8ClNO2S2. The fourth-order valence-corrected chi connectivity index (χ4v) is 2.91. The lowest BCUT2D eigenvalue weighted by Crippen LogP contribution is -2.09. The molecule has 1 N–H and O–H groups in total. The molecule has 3 nitrogen and oxygen atoms in total. The van der Waals surface area contributed by atoms with Gasteiger partial charge in [0.2, 0.25) is 10.0 Å². The largest absolute Gasteiger partial charge is 0.282 e. The average molecular weight is 262 g/mol. The topological polar surface area (TPSA) is 46.2 Å². The summed E-state index contributed by atoms with van der Waals surface area (Å²) in [7, 11) is -3.28. The lowest BCUT2D eigenvalue weighted by Gasteiger charge is -2.05. The first-order valence-corrected chi connectivity index (χ1v) is 7.25. The summed E-state index contributed by atoms with van der Waals surface area (Å²) in [5, 5.41) is 3.36. The molecule has 0 bridgehead atoms. The summed E-state index contributed by atoms with van der Waals surface area (Å²) in [6.45, 7) is 0. The van der Waals surface area contributed by atoms with Crippen LogP contribution in [0.3, 0.4) is 0 Å². The van der Waals surface area contributed by atoms with Crippen molar-refractivity contribution < 1.29 is 8.42 Å². The number of hydrogen-bond acceptors (Lipinski definition) is 3. The van der Waals surface area contributed by atoms with Crippen molar-refractivity contribution >= 4 is 48.7 Å². The van der Waals surface area contributed by atoms with Gasteiger partial charge in [0.05, 0.1) is 17.0 Å². The smallest absolute Gasteiger partial charge is 0.229 e. The van der Waals surface area contributed by atoms with E-state index >= 15 is 0 Å². The van der Waals surface area contributed by atoms with Crippen LogP contribution in [0.15, 0.2) is 23.6 Å². The molecule has 0 amide bonds. The maximum absolute atomic E-state index is 11.1. The predicted molar refractivity (Wildman–Crippen MR) is 65.3 cm³/mol. The summed E-state index contributed by atoms with van der Waals surface area (Å²) in [5.41, 5.74) is 0.425. The Hall–Kier alpha value is -0.780. The van der Waals surface area contributed by atoms with E-state index in [1.54, 1.807) is 23.5 Å². The maximum Gasteiger partial charge on any atom is 0.229 e. The molecule has 2 aromatic rings. The second-order valence-corrected chi connectivity index (χ2v) is 6.27. The third-order valence-corrected chi connectivity index (χ3v) is 3.62. The first-order chi connectivity index (χ1) is 6.96. The number of rotatable bonds is 2. The van der Waals surface area contributed by atoms with Crippen LogP contribution < -0.4 is 4.72 Å². The Kier molecular flexibility index (Phi) is 2.62. The molecule has 0 aliphatic heterocycles. The summed E-state index contributed by atoms with van der Waals surface area (Å²) < 4.78 is 25.5. The zero-order valence-corrected chi connectivity index (χ0v) is 10.2. The highest BCUT2D eigenvalue weighted by Gasteiger charge is 2.08. The lowest BCUT2D eigenvalue weighted by molar-refractivity contribution is 0.607. The number of hydrogen-bond donors (Lipinski definition) is 1. The molecule has 1 heterocycles. The zero-order valence-electron chi connectivity index (χ0n) is 7.82. The number of benzene rings is 1. The summed E-state index contributed by atoms with van der Waals surface area (Å²) >= 11 is 7.49. The van der Waals surface area contributed by atoms with E-state index in [9.17, 15) is 8.42 Å². The van der Waals surface area contributed by atoms with Gasteiger partial charge in [-0.05, 0) is 29.0 Å². The highest BCUT2D eigenvalue weighted by molar-refractivity contribution is 7.92. The molecule has 0 atom stereocenters. The standard InChI is InChI=1S/C9H8ClNO2S2/c1-15(12,13)11-8-5-9-6(2-3-14-9)4-7(8)10/h2-5,11H,1H3. The van der Waals surface area contributed by atoms with E-state index in [0.717, 1.165) is 16.3 Å². The molecule has 0 fully saturated rings. The predicted octanol–water partition coefficient (Wildman–Crippen LogP) is 2.93. The highest BCUT2D eigenvalue weighted by Crippen LogP contribution is 2.31. The van der Waals surface area contributed by atoms with Crippen LogP contribution in [-0.2, 0) is 10.0 Å². The van der Waals surface area contributed by atoms with Crippen LogP contribution in [0.1, 0.15) is 0 Å². The minimum Gasteiger partial charge on any atom is -0.282 e. The Morgan fingerprint density at radius 3 is 2.80 bits per heavy atom. The second kappa shape index (κ2) is 3.66. The van der Waals surface area contributed by atoms with Crippen molar-refractivity contribution in [3.8, 4) is 0 Å². The monoisotopic (exact) mass is 261 g/mol. The normalized spacial score (nSPS) is 11.9. The van der Waals surface area contributed by atoms with Gasteiger partial charge in [0, 0.05) is 4.70 Å². The van der Waals surface area contributed by atoms with Crippen molar-refractivity contribution in [1.29, 1.82) is 0 Å². The van der Waals surface area contributed by atoms with Gasteiger partial charge in [-0.15, -0.1) is 11.3 Å². The van der Waals surface area contributed by atoms with Crippen molar-refractivity contribution in [3.63, 3.8) is 0 Å². The van der Waals surface area contributed by atoms with Crippen molar-refractivity contribution in [2.45, 2.75) is 0 Å². The van der Waals surface area contributed by atoms with Gasteiger partial charge in [-0.3, -0.25) is 4.72 Å². The quantitative estimate of drug-likeness (QED) is 0.904. The molecule has 2 rings (SSSR count). The Morgan fingerprint density at radius 2 is 2.13 bits per heavy atom. The average Bonchev–Trinajstić information content (AvgIpc) is 2.49. The van der Waals surface area contributed by atoms with E-state index in [1.807, 2.05) is 11.4 Å². The Bertz CT molecular complexity index is 604. The molecule has 0 aliphatic rings. The molecule has 0 radical (unpaired) electrons. The van der Waals surface area contributed by atoms with Crippen LogP contribution in [-0.4, -0.2) is 14.7 Å². The van der Waals surface area contributed by atoms with Crippen molar-refractivity contribution in [3.05, 3.63) is 28.6 Å². The fraction of sp³-hybridized carbons (Fsp3) is 0.111. The van der Waals surface area contributed by atoms with E-state index in [-0.39, 0.29) is 0 Å². The fourth-order valence-electron chi connectivity index (χ4n) is 1.26. The molecule has 0 saturated carbocycles. The minimum absolute atomic E-state index is 0.409. The van der Waals surface area contributed by atoms with Crippen LogP contribution in [0, 0.1) is 0 Å². The number of thiophene rings is 1. The van der Waals surface area contributed by atoms with Gasteiger partial charge < -0.3 is 0 Å². The van der Waals surface area contributed by atoms with Crippen molar-refractivity contribution in [2.24, 2.45) is 0 Å². The Labute approximate surface area is 96.7 Å². The van der Waals surface area contributed by atoms with Gasteiger partial charge >= 0.3 is 0 Å². The highest BCUT2D eigenvalue weighted by atomic mass is 35.5. The number of halogens is 1. The Morgan fingerprint density at radius 1 is 1.40 bits per heavy atom. The lowest BCUT2D eigenvalue weighted by atomic mass is 10.2. The summed E-state index contributed by atoms with van der Waals surface area (Å²) in [6.07, 6.45) is 1.10. The van der Waals surface area contributed by atoms with E-state index in [0.29, 0.717) is 10.7 Å². The van der Waals surface area contributed by atoms with Crippen molar-refractivity contribution in [1.82, 2.24) is 0 Å². The Balaban J connectivity index is 2.55. The summed E-state index contributed by atoms with van der Waals surface area (Å²) in [4.78, 5) is 0. The number of nitrogens with one attached hydrogen (secondary N) is 1. The zero-order chi connectivity index (χ0) is 11.1. The molecule has 6 heteroatoms. The molecular weight excluding hydrogens is 254 g/mol. The van der Waals surface area contributed by atoms with Gasteiger partial charge in [0.1, 0.15) is 0 Å². The van der Waals surface area contributed by atoms with Gasteiger partial charge in [0.15, 0.2) is 0 Å². The van der Waals surface area contributed by atoms with E-state index in [2.05, 4.69) is 4.72 Å². The molecule has 0 spiro atoms. The van der Waals surface area contributed by atoms with E-state index in [1.165, 1.54) is 0 Å². The van der Waals surface area contributed by atoms with Gasteiger partial charge in [-0.25, -0.2) is 8.42 Å². The van der Waals surface area contributed by atoms with Crippen LogP contribution in [0.5, 0.6) is 0 Å². The first kappa shape index (κ1) is 10.7. The van der Waals surface area contributed by atoms with Gasteiger partial charge in [-0.1, -0.05) is 11.6 Å². The minimum atomic E-state index is -3.28. The SMILES string of the molecule is CS(=O)(=O)Nc1cc2sccc2cc1Cl. The first-order valence-electron chi connectivity index (χ1n) is 4.10. The second-order valence-electron chi connectivity index (χ2n) is 3.16. The number of sulfonamides is 1. The van der Waals surface area contributed by atoms with E-state index < -0.39 is 10.0 Å². The molecule has 1 aromatic carbocycles. The molecule has 0 saturated heterocycles. The van der Waals surface area contributed by atoms with Crippen LogP contribution in [0.2, 0.25) is 5.02 Å². The molecule has 15 heavy (non-hydrogen) atoms.